The summed E-state index contributed by atoms with van der Waals surface area (Å²) >= 11 is 1.64. The first-order chi connectivity index (χ1) is 18.8. The van der Waals surface area contributed by atoms with Gasteiger partial charge in [-0.1, -0.05) is 84.9 Å². The summed E-state index contributed by atoms with van der Waals surface area (Å²) in [7, 11) is -0.413. The average Bonchev–Trinajstić information content (AvgIpc) is 3.56. The summed E-state index contributed by atoms with van der Waals surface area (Å²) in [4.78, 5) is 0. The van der Waals surface area contributed by atoms with E-state index in [9.17, 15) is 5.26 Å². The quantitative estimate of drug-likeness (QED) is 0.226. The van der Waals surface area contributed by atoms with Crippen LogP contribution in [0.4, 0.5) is 0 Å². The van der Waals surface area contributed by atoms with Crippen LogP contribution in [0.1, 0.15) is 55.5 Å². The zero-order valence-corrected chi connectivity index (χ0v) is 23.3. The van der Waals surface area contributed by atoms with Gasteiger partial charge < -0.3 is 9.31 Å². The molecule has 0 bridgehead atoms. The van der Waals surface area contributed by atoms with Crippen molar-refractivity contribution in [1.29, 1.82) is 5.26 Å². The minimum atomic E-state index is -0.523. The maximum absolute atomic E-state index is 10.0. The molecule has 5 aromatic rings. The minimum absolute atomic E-state index is 0.394. The van der Waals surface area contributed by atoms with E-state index in [0.717, 1.165) is 21.1 Å². The van der Waals surface area contributed by atoms with Crippen molar-refractivity contribution in [3.63, 3.8) is 0 Å². The summed E-state index contributed by atoms with van der Waals surface area (Å²) in [6, 6.07) is 35.0. The fourth-order valence-electron chi connectivity index (χ4n) is 6.32. The monoisotopic (exact) mass is 525 g/mol. The molecule has 7 rings (SSSR count). The van der Waals surface area contributed by atoms with Crippen LogP contribution in [0, 0.1) is 11.3 Å². The normalized spacial score (nSPS) is 20.5. The summed E-state index contributed by atoms with van der Waals surface area (Å²) < 4.78 is 13.8. The Hall–Kier alpha value is -3.69. The smallest absolute Gasteiger partial charge is 0.399 e. The Morgan fingerprint density at radius 2 is 1.36 bits per heavy atom. The van der Waals surface area contributed by atoms with Gasteiger partial charge in [0.15, 0.2) is 0 Å². The van der Waals surface area contributed by atoms with Crippen molar-refractivity contribution in [1.82, 2.24) is 0 Å². The van der Waals surface area contributed by atoms with E-state index in [4.69, 9.17) is 9.31 Å². The van der Waals surface area contributed by atoms with Gasteiger partial charge in [-0.05, 0) is 72.6 Å². The molecular formula is C34H28BNO2S. The second-order valence-corrected chi connectivity index (χ2v) is 12.4. The van der Waals surface area contributed by atoms with E-state index in [0.29, 0.717) is 0 Å². The number of hydrogen-bond donors (Lipinski definition) is 0. The Morgan fingerprint density at radius 1 is 0.718 bits per heavy atom. The molecule has 190 valence electrons. The van der Waals surface area contributed by atoms with Crippen LogP contribution in [0.3, 0.4) is 0 Å². The average molecular weight is 525 g/mol. The third-order valence-corrected chi connectivity index (χ3v) is 9.89. The minimum Gasteiger partial charge on any atom is -0.399 e. The van der Waals surface area contributed by atoms with Gasteiger partial charge >= 0.3 is 7.12 Å². The predicted molar refractivity (Wildman–Crippen MR) is 160 cm³/mol. The van der Waals surface area contributed by atoms with Crippen LogP contribution in [0.5, 0.6) is 0 Å². The molecule has 1 unspecified atom stereocenters. The Morgan fingerprint density at radius 3 is 2.05 bits per heavy atom. The molecule has 0 saturated carbocycles. The maximum atomic E-state index is 10.0. The number of fused-ring (bicyclic) bond motifs is 5. The highest BCUT2D eigenvalue weighted by atomic mass is 32.1. The number of benzene rings is 4. The van der Waals surface area contributed by atoms with Crippen molar-refractivity contribution in [2.75, 3.05) is 0 Å². The molecule has 0 amide bonds. The first-order valence-corrected chi connectivity index (χ1v) is 14.2. The molecule has 1 atom stereocenters. The van der Waals surface area contributed by atoms with Gasteiger partial charge in [0, 0.05) is 15.5 Å². The Balaban J connectivity index is 1.49. The zero-order valence-electron chi connectivity index (χ0n) is 22.5. The lowest BCUT2D eigenvalue weighted by Crippen LogP contribution is -2.41. The van der Waals surface area contributed by atoms with E-state index in [2.05, 4.69) is 125 Å². The van der Waals surface area contributed by atoms with Gasteiger partial charge in [0.05, 0.1) is 22.2 Å². The Bertz CT molecular complexity index is 1770. The molecule has 1 aromatic heterocycles. The van der Waals surface area contributed by atoms with Gasteiger partial charge in [0.1, 0.15) is 6.07 Å². The third kappa shape index (κ3) is 3.29. The second kappa shape index (κ2) is 8.41. The van der Waals surface area contributed by atoms with Crippen molar-refractivity contribution in [3.8, 4) is 17.2 Å². The summed E-state index contributed by atoms with van der Waals surface area (Å²) in [5, 5.41) is 13.0. The molecule has 2 heterocycles. The first-order valence-electron chi connectivity index (χ1n) is 13.3. The van der Waals surface area contributed by atoms with Gasteiger partial charge in [-0.25, -0.2) is 0 Å². The molecular weight excluding hydrogens is 497 g/mol. The molecule has 0 radical (unpaired) electrons. The number of nitriles is 1. The van der Waals surface area contributed by atoms with Gasteiger partial charge in [-0.15, -0.1) is 11.3 Å². The fraction of sp³-hybridized carbons (Fsp3) is 0.206. The summed E-state index contributed by atoms with van der Waals surface area (Å²) in [6.45, 7) is 8.33. The molecule has 3 nitrogen and oxygen atoms in total. The van der Waals surface area contributed by atoms with Crippen molar-refractivity contribution >= 4 is 34.0 Å². The van der Waals surface area contributed by atoms with Crippen LogP contribution in [-0.2, 0) is 14.7 Å². The molecule has 39 heavy (non-hydrogen) atoms. The number of rotatable bonds is 3. The lowest BCUT2D eigenvalue weighted by atomic mass is 9.66. The second-order valence-electron chi connectivity index (χ2n) is 11.5. The highest BCUT2D eigenvalue weighted by Gasteiger charge is 2.52. The standard InChI is InChI=1S/C34H28BNO2S/c1-32(2)33(3,4)38-35(37-32)25-16-14-24(15-17-25)34(23-10-6-5-7-11-23)27-13-9-8-12-26(27)31-28(34)18-19-29-30(31)22(20-36)21-39-29/h5-19,21H,1-4H3. The van der Waals surface area contributed by atoms with E-state index in [1.165, 1.54) is 33.4 Å². The van der Waals surface area contributed by atoms with E-state index in [1.807, 2.05) is 5.38 Å². The topological polar surface area (TPSA) is 42.2 Å². The van der Waals surface area contributed by atoms with Crippen LogP contribution in [0.15, 0.2) is 96.4 Å². The highest BCUT2D eigenvalue weighted by Crippen LogP contribution is 2.58. The highest BCUT2D eigenvalue weighted by molar-refractivity contribution is 7.17. The summed E-state index contributed by atoms with van der Waals surface area (Å²) in [5.41, 5.74) is 7.61. The SMILES string of the molecule is CC1(C)OB(c2ccc(C3(c4ccccc4)c4ccccc4-c4c3ccc3scc(C#N)c43)cc2)OC1(C)C. The first kappa shape index (κ1) is 24.4. The molecule has 0 N–H and O–H groups in total. The number of hydrogen-bond acceptors (Lipinski definition) is 4. The Labute approximate surface area is 233 Å². The zero-order chi connectivity index (χ0) is 27.0. The van der Waals surface area contributed by atoms with Crippen LogP contribution >= 0.6 is 11.3 Å². The van der Waals surface area contributed by atoms with E-state index >= 15 is 0 Å². The lowest BCUT2D eigenvalue weighted by Gasteiger charge is -2.34. The lowest BCUT2D eigenvalue weighted by molar-refractivity contribution is 0.00578. The van der Waals surface area contributed by atoms with Crippen LogP contribution in [0.2, 0.25) is 0 Å². The largest absolute Gasteiger partial charge is 0.494 e. The van der Waals surface area contributed by atoms with Gasteiger partial charge in [-0.3, -0.25) is 0 Å². The molecule has 1 fully saturated rings. The van der Waals surface area contributed by atoms with Crippen molar-refractivity contribution in [3.05, 3.63) is 124 Å². The molecule has 4 aromatic carbocycles. The number of nitrogens with zero attached hydrogens (tertiary/aromatic N) is 1. The summed E-state index contributed by atoms with van der Waals surface area (Å²) in [6.07, 6.45) is 0. The van der Waals surface area contributed by atoms with Crippen LogP contribution < -0.4 is 5.46 Å². The summed E-state index contributed by atoms with van der Waals surface area (Å²) in [5.74, 6) is 0. The van der Waals surface area contributed by atoms with Crippen LogP contribution in [-0.4, -0.2) is 18.3 Å². The predicted octanol–water partition coefficient (Wildman–Crippen LogP) is 7.44. The third-order valence-electron chi connectivity index (χ3n) is 8.94. The van der Waals surface area contributed by atoms with Gasteiger partial charge in [0.2, 0.25) is 0 Å². The van der Waals surface area contributed by atoms with E-state index in [1.54, 1.807) is 11.3 Å². The molecule has 5 heteroatoms. The fourth-order valence-corrected chi connectivity index (χ4v) is 7.22. The number of thiophene rings is 1. The maximum Gasteiger partial charge on any atom is 0.494 e. The molecule has 1 aliphatic heterocycles. The van der Waals surface area contributed by atoms with Crippen molar-refractivity contribution < 1.29 is 9.31 Å². The molecule has 1 aliphatic carbocycles. The van der Waals surface area contributed by atoms with Crippen LogP contribution in [0.25, 0.3) is 21.2 Å². The van der Waals surface area contributed by atoms with Gasteiger partial charge in [-0.2, -0.15) is 5.26 Å². The Kier molecular flexibility index (Phi) is 5.25. The van der Waals surface area contributed by atoms with E-state index < -0.39 is 23.7 Å². The molecule has 0 spiro atoms. The van der Waals surface area contributed by atoms with Crippen molar-refractivity contribution in [2.45, 2.75) is 44.3 Å². The van der Waals surface area contributed by atoms with Gasteiger partial charge in [0.25, 0.3) is 0 Å². The van der Waals surface area contributed by atoms with Crippen molar-refractivity contribution in [2.24, 2.45) is 0 Å². The van der Waals surface area contributed by atoms with E-state index in [-0.39, 0.29) is 0 Å². The molecule has 2 aliphatic rings. The molecule has 1 saturated heterocycles.